The van der Waals surface area contributed by atoms with Gasteiger partial charge in [-0.15, -0.1) is 12.4 Å². The number of rotatable bonds is 3. The third kappa shape index (κ3) is 3.38. The maximum absolute atomic E-state index is 13.2. The van der Waals surface area contributed by atoms with Gasteiger partial charge in [-0.2, -0.15) is 0 Å². The molecule has 2 heterocycles. The minimum Gasteiger partial charge on any atom is -0.369 e. The molecule has 0 unspecified atom stereocenters. The topological polar surface area (TPSA) is 99.6 Å². The minimum absolute atomic E-state index is 0. The first-order chi connectivity index (χ1) is 12.1. The van der Waals surface area contributed by atoms with E-state index in [0.717, 1.165) is 11.3 Å². The van der Waals surface area contributed by atoms with Crippen molar-refractivity contribution in [3.05, 3.63) is 66.2 Å². The van der Waals surface area contributed by atoms with Gasteiger partial charge < -0.3 is 21.0 Å². The van der Waals surface area contributed by atoms with E-state index in [1.165, 1.54) is 12.1 Å². The monoisotopic (exact) mass is 371 g/mol. The summed E-state index contributed by atoms with van der Waals surface area (Å²) in [6, 6.07) is 13.2. The molecule has 5 N–H and O–H groups in total. The molecule has 0 radical (unpaired) electrons. The van der Waals surface area contributed by atoms with Gasteiger partial charge in [-0.1, -0.05) is 12.1 Å². The number of anilines is 2. The van der Waals surface area contributed by atoms with Gasteiger partial charge >= 0.3 is 0 Å². The number of nitrogen functional groups attached to an aromatic ring is 1. The Hall–Kier alpha value is -3.32. The van der Waals surface area contributed by atoms with Crippen LogP contribution in [0.25, 0.3) is 22.2 Å². The maximum atomic E-state index is 13.2. The average Bonchev–Trinajstić information content (AvgIpc) is 3.21. The molecule has 0 bridgehead atoms. The highest BCUT2D eigenvalue weighted by molar-refractivity contribution is 6.06. The number of halogens is 2. The van der Waals surface area contributed by atoms with Crippen molar-refractivity contribution in [2.75, 3.05) is 11.1 Å². The van der Waals surface area contributed by atoms with Crippen LogP contribution in [-0.2, 0) is 0 Å². The molecule has 132 valence electrons. The van der Waals surface area contributed by atoms with Crippen molar-refractivity contribution >= 4 is 40.9 Å². The van der Waals surface area contributed by atoms with Gasteiger partial charge in [0.05, 0.1) is 11.9 Å². The number of carbonyl (C=O) groups is 1. The molecule has 2 aromatic heterocycles. The van der Waals surface area contributed by atoms with Gasteiger partial charge in [0.2, 0.25) is 0 Å². The second-order valence-corrected chi connectivity index (χ2v) is 5.63. The molecule has 1 amide bonds. The highest BCUT2D eigenvalue weighted by atomic mass is 35.5. The fourth-order valence-electron chi connectivity index (χ4n) is 2.64. The van der Waals surface area contributed by atoms with Gasteiger partial charge in [0, 0.05) is 16.6 Å². The molecular formula is C18H15ClFN5O. The van der Waals surface area contributed by atoms with Crippen LogP contribution in [0.5, 0.6) is 0 Å². The third-order valence-electron chi connectivity index (χ3n) is 3.88. The molecule has 4 aromatic rings. The smallest absolute Gasteiger partial charge is 0.272 e. The second kappa shape index (κ2) is 6.89. The maximum Gasteiger partial charge on any atom is 0.272 e. The van der Waals surface area contributed by atoms with E-state index in [-0.39, 0.29) is 24.1 Å². The highest BCUT2D eigenvalue weighted by Gasteiger charge is 2.10. The highest BCUT2D eigenvalue weighted by Crippen LogP contribution is 2.21. The lowest BCUT2D eigenvalue weighted by Gasteiger charge is -2.05. The molecule has 26 heavy (non-hydrogen) atoms. The number of nitrogens with one attached hydrogen (secondary N) is 3. The number of amides is 1. The zero-order valence-electron chi connectivity index (χ0n) is 13.4. The molecule has 0 aliphatic rings. The number of carbonyl (C=O) groups excluding carboxylic acids is 1. The number of hydrogen-bond donors (Lipinski definition) is 4. The van der Waals surface area contributed by atoms with Crippen molar-refractivity contribution in [3.63, 3.8) is 0 Å². The summed E-state index contributed by atoms with van der Waals surface area (Å²) in [6.45, 7) is 0. The normalized spacial score (nSPS) is 10.5. The lowest BCUT2D eigenvalue weighted by atomic mass is 10.1. The summed E-state index contributed by atoms with van der Waals surface area (Å²) in [5.74, 6) is -0.286. The van der Waals surface area contributed by atoms with Gasteiger partial charge in [0.1, 0.15) is 11.5 Å². The van der Waals surface area contributed by atoms with Gasteiger partial charge in [-0.25, -0.2) is 9.37 Å². The van der Waals surface area contributed by atoms with Crippen molar-refractivity contribution in [1.82, 2.24) is 15.0 Å². The number of nitrogens with two attached hydrogens (primary N) is 1. The zero-order valence-corrected chi connectivity index (χ0v) is 14.2. The molecule has 4 rings (SSSR count). The quantitative estimate of drug-likeness (QED) is 0.438. The zero-order chi connectivity index (χ0) is 17.4. The van der Waals surface area contributed by atoms with Crippen LogP contribution in [0.2, 0.25) is 0 Å². The molecule has 0 saturated heterocycles. The van der Waals surface area contributed by atoms with Crippen LogP contribution in [-0.4, -0.2) is 20.9 Å². The summed E-state index contributed by atoms with van der Waals surface area (Å²) in [4.78, 5) is 22.2. The second-order valence-electron chi connectivity index (χ2n) is 5.63. The van der Waals surface area contributed by atoms with Crippen molar-refractivity contribution in [2.24, 2.45) is 0 Å². The van der Waals surface area contributed by atoms with Crippen molar-refractivity contribution < 1.29 is 9.18 Å². The Bertz CT molecular complexity index is 1070. The number of nitrogens with zero attached hydrogens (tertiary/aromatic N) is 1. The van der Waals surface area contributed by atoms with E-state index in [1.807, 2.05) is 12.1 Å². The Kier molecular flexibility index (Phi) is 4.64. The van der Waals surface area contributed by atoms with Crippen LogP contribution >= 0.6 is 12.4 Å². The number of imidazole rings is 1. The first kappa shape index (κ1) is 17.5. The van der Waals surface area contributed by atoms with E-state index < -0.39 is 0 Å². The SMILES string of the molecule is Cl.Nc1ncc(-c2ccc(NC(=O)c3cc4cc(F)ccc4[nH]3)cc2)[nH]1. The fourth-order valence-corrected chi connectivity index (χ4v) is 2.64. The van der Waals surface area contributed by atoms with Crippen molar-refractivity contribution in [3.8, 4) is 11.3 Å². The third-order valence-corrected chi connectivity index (χ3v) is 3.88. The van der Waals surface area contributed by atoms with E-state index in [1.54, 1.807) is 30.5 Å². The lowest BCUT2D eigenvalue weighted by molar-refractivity contribution is 0.102. The van der Waals surface area contributed by atoms with E-state index >= 15 is 0 Å². The molecular weight excluding hydrogens is 357 g/mol. The predicted molar refractivity (Wildman–Crippen MR) is 102 cm³/mol. The Morgan fingerprint density at radius 1 is 1.08 bits per heavy atom. The first-order valence-corrected chi connectivity index (χ1v) is 7.59. The van der Waals surface area contributed by atoms with Gasteiger partial charge in [-0.3, -0.25) is 4.79 Å². The molecule has 0 atom stereocenters. The Labute approximate surface area is 154 Å². The van der Waals surface area contributed by atoms with Gasteiger partial charge in [0.25, 0.3) is 5.91 Å². The summed E-state index contributed by atoms with van der Waals surface area (Å²) in [7, 11) is 0. The van der Waals surface area contributed by atoms with Crippen LogP contribution in [0.3, 0.4) is 0 Å². The van der Waals surface area contributed by atoms with E-state index in [9.17, 15) is 9.18 Å². The largest absolute Gasteiger partial charge is 0.369 e. The number of benzene rings is 2. The number of fused-ring (bicyclic) bond motifs is 1. The molecule has 0 spiro atoms. The molecule has 8 heteroatoms. The van der Waals surface area contributed by atoms with Crippen LogP contribution in [0.15, 0.2) is 54.7 Å². The number of aromatic amines is 2. The summed E-state index contributed by atoms with van der Waals surface area (Å²) in [5, 5.41) is 3.45. The van der Waals surface area contributed by atoms with Crippen LogP contribution in [0, 0.1) is 5.82 Å². The molecule has 0 aliphatic heterocycles. The number of hydrogen-bond acceptors (Lipinski definition) is 3. The van der Waals surface area contributed by atoms with Crippen LogP contribution < -0.4 is 11.1 Å². The first-order valence-electron chi connectivity index (χ1n) is 7.59. The van der Waals surface area contributed by atoms with Crippen LogP contribution in [0.4, 0.5) is 16.0 Å². The van der Waals surface area contributed by atoms with Crippen molar-refractivity contribution in [1.29, 1.82) is 0 Å². The van der Waals surface area contributed by atoms with Crippen LogP contribution in [0.1, 0.15) is 10.5 Å². The Balaban J connectivity index is 0.00000196. The van der Waals surface area contributed by atoms with Crippen molar-refractivity contribution in [2.45, 2.75) is 0 Å². The van der Waals surface area contributed by atoms with E-state index in [0.29, 0.717) is 28.2 Å². The molecule has 2 aromatic carbocycles. The Morgan fingerprint density at radius 2 is 1.85 bits per heavy atom. The molecule has 6 nitrogen and oxygen atoms in total. The predicted octanol–water partition coefficient (Wildman–Crippen LogP) is 3.95. The standard InChI is InChI=1S/C18H14FN5O.ClH/c19-12-3-6-14-11(7-12)8-15(23-14)17(25)22-13-4-1-10(2-5-13)16-9-21-18(20)24-16;/h1-9,23H,(H,22,25)(H3,20,21,24);1H. The fraction of sp³-hybridized carbons (Fsp3) is 0. The van der Waals surface area contributed by atoms with E-state index in [2.05, 4.69) is 20.3 Å². The van der Waals surface area contributed by atoms with Gasteiger partial charge in [0.15, 0.2) is 5.95 Å². The molecule has 0 fully saturated rings. The number of aromatic nitrogens is 3. The summed E-state index contributed by atoms with van der Waals surface area (Å²) in [5.41, 5.74) is 8.99. The molecule has 0 saturated carbocycles. The number of H-pyrrole nitrogens is 2. The summed E-state index contributed by atoms with van der Waals surface area (Å²) in [6.07, 6.45) is 1.65. The summed E-state index contributed by atoms with van der Waals surface area (Å²) < 4.78 is 13.2. The Morgan fingerprint density at radius 3 is 2.54 bits per heavy atom. The average molecular weight is 372 g/mol. The molecule has 0 aliphatic carbocycles. The minimum atomic E-state index is -0.339. The van der Waals surface area contributed by atoms with E-state index in [4.69, 9.17) is 5.73 Å². The summed E-state index contributed by atoms with van der Waals surface area (Å²) >= 11 is 0. The van der Waals surface area contributed by atoms with Gasteiger partial charge in [-0.05, 0) is 42.0 Å². The lowest BCUT2D eigenvalue weighted by Crippen LogP contribution is -2.12.